The number of rotatable bonds is 9. The number of carbonyl (C=O) groups is 1. The molecule has 1 heterocycles. The number of ether oxygens (including phenoxy) is 1. The summed E-state index contributed by atoms with van der Waals surface area (Å²) in [5, 5.41) is 3.09. The first-order valence-electron chi connectivity index (χ1n) is 9.73. The van der Waals surface area contributed by atoms with Crippen molar-refractivity contribution in [3.8, 4) is 0 Å². The minimum absolute atomic E-state index is 0.0225. The maximum atomic E-state index is 13.3. The molecular formula is C21H24Cl2N2O4S. The van der Waals surface area contributed by atoms with Gasteiger partial charge in [-0.2, -0.15) is 4.31 Å². The van der Waals surface area contributed by atoms with Crippen molar-refractivity contribution >= 4 is 39.1 Å². The molecule has 0 spiro atoms. The lowest BCUT2D eigenvalue weighted by Crippen LogP contribution is -2.43. The van der Waals surface area contributed by atoms with Crippen molar-refractivity contribution in [3.63, 3.8) is 0 Å². The SMILES string of the molecule is O=C(CN(CCc1ccccc1)S(=O)(=O)c1cc(Cl)ccc1Cl)NC[C@@H]1CCCO1. The molecule has 0 unspecified atom stereocenters. The molecule has 0 radical (unpaired) electrons. The first-order chi connectivity index (χ1) is 14.4. The van der Waals surface area contributed by atoms with Crippen LogP contribution in [0.15, 0.2) is 53.4 Å². The number of hydrogen-bond acceptors (Lipinski definition) is 4. The zero-order chi connectivity index (χ0) is 21.6. The normalized spacial score (nSPS) is 16.7. The van der Waals surface area contributed by atoms with E-state index >= 15 is 0 Å². The van der Waals surface area contributed by atoms with E-state index in [0.29, 0.717) is 19.6 Å². The van der Waals surface area contributed by atoms with Crippen molar-refractivity contribution in [3.05, 3.63) is 64.1 Å². The van der Waals surface area contributed by atoms with Crippen molar-refractivity contribution in [1.29, 1.82) is 0 Å². The Bertz CT molecular complexity index is 964. The molecule has 9 heteroatoms. The molecule has 0 saturated carbocycles. The molecule has 0 aromatic heterocycles. The molecule has 2 aromatic carbocycles. The highest BCUT2D eigenvalue weighted by Crippen LogP contribution is 2.28. The largest absolute Gasteiger partial charge is 0.376 e. The Balaban J connectivity index is 1.76. The summed E-state index contributed by atoms with van der Waals surface area (Å²) in [5.74, 6) is -0.389. The lowest BCUT2D eigenvalue weighted by atomic mass is 10.1. The zero-order valence-electron chi connectivity index (χ0n) is 16.4. The number of benzene rings is 2. The smallest absolute Gasteiger partial charge is 0.245 e. The van der Waals surface area contributed by atoms with Crippen LogP contribution in [0.5, 0.6) is 0 Å². The Hall–Kier alpha value is -1.64. The Morgan fingerprint density at radius 3 is 2.63 bits per heavy atom. The van der Waals surface area contributed by atoms with Gasteiger partial charge in [-0.05, 0) is 43.0 Å². The van der Waals surface area contributed by atoms with Crippen molar-refractivity contribution in [1.82, 2.24) is 9.62 Å². The Kier molecular flexibility index (Phi) is 8.13. The lowest BCUT2D eigenvalue weighted by Gasteiger charge is -2.23. The maximum absolute atomic E-state index is 13.3. The van der Waals surface area contributed by atoms with Crippen molar-refractivity contribution in [2.75, 3.05) is 26.2 Å². The van der Waals surface area contributed by atoms with E-state index in [2.05, 4.69) is 5.32 Å². The van der Waals surface area contributed by atoms with Crippen LogP contribution in [-0.4, -0.2) is 51.0 Å². The summed E-state index contributed by atoms with van der Waals surface area (Å²) < 4.78 is 33.2. The monoisotopic (exact) mass is 470 g/mol. The second kappa shape index (κ2) is 10.6. The highest BCUT2D eigenvalue weighted by Gasteiger charge is 2.29. The van der Waals surface area contributed by atoms with Crippen LogP contribution >= 0.6 is 23.2 Å². The average Bonchev–Trinajstić information content (AvgIpc) is 3.25. The number of nitrogens with one attached hydrogen (secondary N) is 1. The van der Waals surface area contributed by atoms with E-state index in [1.54, 1.807) is 0 Å². The highest BCUT2D eigenvalue weighted by molar-refractivity contribution is 7.89. The average molecular weight is 471 g/mol. The molecule has 1 aliphatic rings. The van der Waals surface area contributed by atoms with Crippen LogP contribution in [0.3, 0.4) is 0 Å². The third kappa shape index (κ3) is 6.18. The Labute approximate surface area is 187 Å². The topological polar surface area (TPSA) is 75.7 Å². The van der Waals surface area contributed by atoms with Gasteiger partial charge in [-0.15, -0.1) is 0 Å². The molecule has 0 aliphatic carbocycles. The van der Waals surface area contributed by atoms with Crippen molar-refractivity contribution < 1.29 is 17.9 Å². The van der Waals surface area contributed by atoms with Crippen molar-refractivity contribution in [2.45, 2.75) is 30.3 Å². The second-order valence-corrected chi connectivity index (χ2v) is 9.84. The molecular weight excluding hydrogens is 447 g/mol. The minimum Gasteiger partial charge on any atom is -0.376 e. The van der Waals surface area contributed by atoms with Crippen LogP contribution in [0, 0.1) is 0 Å². The van der Waals surface area contributed by atoms with Crippen LogP contribution in [0.2, 0.25) is 10.0 Å². The van der Waals surface area contributed by atoms with E-state index in [1.807, 2.05) is 30.3 Å². The van der Waals surface area contributed by atoms with Crippen molar-refractivity contribution in [2.24, 2.45) is 0 Å². The van der Waals surface area contributed by atoms with Gasteiger partial charge < -0.3 is 10.1 Å². The predicted molar refractivity (Wildman–Crippen MR) is 117 cm³/mol. The van der Waals surface area contributed by atoms with Crippen LogP contribution in [0.4, 0.5) is 0 Å². The fourth-order valence-electron chi connectivity index (χ4n) is 3.25. The lowest BCUT2D eigenvalue weighted by molar-refractivity contribution is -0.121. The first-order valence-corrected chi connectivity index (χ1v) is 11.9. The number of sulfonamides is 1. The van der Waals surface area contributed by atoms with Gasteiger partial charge in [-0.1, -0.05) is 53.5 Å². The molecule has 1 atom stereocenters. The van der Waals surface area contributed by atoms with Crippen LogP contribution in [0.1, 0.15) is 18.4 Å². The van der Waals surface area contributed by atoms with Gasteiger partial charge in [-0.3, -0.25) is 4.79 Å². The summed E-state index contributed by atoms with van der Waals surface area (Å²) in [7, 11) is -4.03. The number of carbonyl (C=O) groups excluding carboxylic acids is 1. The Morgan fingerprint density at radius 2 is 1.93 bits per heavy atom. The van der Waals surface area contributed by atoms with Gasteiger partial charge in [0.25, 0.3) is 0 Å². The summed E-state index contributed by atoms with van der Waals surface area (Å²) >= 11 is 12.1. The number of hydrogen-bond donors (Lipinski definition) is 1. The van der Waals surface area contributed by atoms with Crippen LogP contribution < -0.4 is 5.32 Å². The summed E-state index contributed by atoms with van der Waals surface area (Å²) in [4.78, 5) is 12.4. The quantitative estimate of drug-likeness (QED) is 0.608. The summed E-state index contributed by atoms with van der Waals surface area (Å²) in [6, 6.07) is 13.7. The molecule has 30 heavy (non-hydrogen) atoms. The van der Waals surface area contributed by atoms with Gasteiger partial charge in [-0.25, -0.2) is 8.42 Å². The highest BCUT2D eigenvalue weighted by atomic mass is 35.5. The van der Waals surface area contributed by atoms with E-state index < -0.39 is 10.0 Å². The molecule has 3 rings (SSSR count). The second-order valence-electron chi connectivity index (χ2n) is 7.09. The molecule has 1 amide bonds. The third-order valence-corrected chi connectivity index (χ3v) is 7.44. The molecule has 1 saturated heterocycles. The fourth-order valence-corrected chi connectivity index (χ4v) is 5.38. The van der Waals surface area contributed by atoms with Gasteiger partial charge in [0.15, 0.2) is 0 Å². The molecule has 162 valence electrons. The summed E-state index contributed by atoms with van der Waals surface area (Å²) in [5.41, 5.74) is 0.967. The predicted octanol–water partition coefficient (Wildman–Crippen LogP) is 3.52. The minimum atomic E-state index is -4.03. The standard InChI is InChI=1S/C21H24Cl2N2O4S/c22-17-8-9-19(23)20(13-17)30(27,28)25(11-10-16-5-2-1-3-6-16)15-21(26)24-14-18-7-4-12-29-18/h1-3,5-6,8-9,13,18H,4,7,10-12,14-15H2,(H,24,26)/t18-/m0/s1. The van der Waals surface area contributed by atoms with E-state index in [1.165, 1.54) is 18.2 Å². The molecule has 1 N–H and O–H groups in total. The third-order valence-electron chi connectivity index (χ3n) is 4.87. The van der Waals surface area contributed by atoms with Gasteiger partial charge in [0.1, 0.15) is 4.90 Å². The molecule has 1 aliphatic heterocycles. The van der Waals surface area contributed by atoms with Gasteiger partial charge in [0.05, 0.1) is 17.7 Å². The number of amides is 1. The summed E-state index contributed by atoms with van der Waals surface area (Å²) in [6.07, 6.45) is 2.28. The fraction of sp³-hybridized carbons (Fsp3) is 0.381. The van der Waals surface area contributed by atoms with E-state index in [0.717, 1.165) is 22.7 Å². The molecule has 0 bridgehead atoms. The van der Waals surface area contributed by atoms with Gasteiger partial charge in [0.2, 0.25) is 15.9 Å². The molecule has 6 nitrogen and oxygen atoms in total. The van der Waals surface area contributed by atoms with E-state index in [-0.39, 0.29) is 40.0 Å². The zero-order valence-corrected chi connectivity index (χ0v) is 18.7. The molecule has 1 fully saturated rings. The maximum Gasteiger partial charge on any atom is 0.245 e. The van der Waals surface area contributed by atoms with Gasteiger partial charge >= 0.3 is 0 Å². The number of nitrogens with zero attached hydrogens (tertiary/aromatic N) is 1. The molecule has 2 aromatic rings. The van der Waals surface area contributed by atoms with Crippen LogP contribution in [-0.2, 0) is 26.0 Å². The van der Waals surface area contributed by atoms with Gasteiger partial charge in [0, 0.05) is 24.7 Å². The van der Waals surface area contributed by atoms with E-state index in [4.69, 9.17) is 27.9 Å². The van der Waals surface area contributed by atoms with E-state index in [9.17, 15) is 13.2 Å². The van der Waals surface area contributed by atoms with Crippen LogP contribution in [0.25, 0.3) is 0 Å². The first kappa shape index (κ1) is 23.0. The summed E-state index contributed by atoms with van der Waals surface area (Å²) in [6.45, 7) is 0.863. The Morgan fingerprint density at radius 1 is 1.17 bits per heavy atom. The number of halogens is 2.